The standard InChI is InChI=1S/C14H15N3O2S/c15-14-16-9(7-20-14)10-4-2-6-17(10)11-3-1-5-12-13(11)19-8-18-12/h1,3,5,7,10H,2,4,6,8H2,(H2,15,16)/t10-/m1/s1. The van der Waals surface area contributed by atoms with E-state index in [1.54, 1.807) is 0 Å². The Morgan fingerprint density at radius 3 is 3.15 bits per heavy atom. The van der Waals surface area contributed by atoms with Crippen LogP contribution in [0.2, 0.25) is 0 Å². The summed E-state index contributed by atoms with van der Waals surface area (Å²) in [7, 11) is 0. The largest absolute Gasteiger partial charge is 0.454 e. The van der Waals surface area contributed by atoms with Gasteiger partial charge in [0.15, 0.2) is 16.6 Å². The number of thiazole rings is 1. The van der Waals surface area contributed by atoms with Crippen LogP contribution in [0.4, 0.5) is 10.8 Å². The Hall–Kier alpha value is -1.95. The summed E-state index contributed by atoms with van der Waals surface area (Å²) in [5.74, 6) is 1.67. The first-order valence-corrected chi connectivity index (χ1v) is 7.57. The Morgan fingerprint density at radius 1 is 1.35 bits per heavy atom. The number of para-hydroxylation sites is 1. The molecule has 4 rings (SSSR count). The average Bonchev–Trinajstić information content (AvgIpc) is 3.17. The monoisotopic (exact) mass is 289 g/mol. The molecular formula is C14H15N3O2S. The number of anilines is 2. The van der Waals surface area contributed by atoms with Crippen LogP contribution >= 0.6 is 11.3 Å². The Labute approximate surface area is 120 Å². The summed E-state index contributed by atoms with van der Waals surface area (Å²) in [6.45, 7) is 1.30. The molecule has 0 radical (unpaired) electrons. The zero-order valence-corrected chi connectivity index (χ0v) is 11.7. The summed E-state index contributed by atoms with van der Waals surface area (Å²) >= 11 is 1.50. The molecule has 0 saturated carbocycles. The lowest BCUT2D eigenvalue weighted by molar-refractivity contribution is 0.174. The second-order valence-corrected chi connectivity index (χ2v) is 5.86. The quantitative estimate of drug-likeness (QED) is 0.921. The van der Waals surface area contributed by atoms with E-state index in [9.17, 15) is 0 Å². The molecule has 0 spiro atoms. The molecule has 2 aliphatic rings. The van der Waals surface area contributed by atoms with Crippen molar-refractivity contribution in [2.45, 2.75) is 18.9 Å². The molecule has 0 unspecified atom stereocenters. The van der Waals surface area contributed by atoms with Crippen LogP contribution < -0.4 is 20.1 Å². The molecule has 5 nitrogen and oxygen atoms in total. The van der Waals surface area contributed by atoms with Crippen molar-refractivity contribution < 1.29 is 9.47 Å². The van der Waals surface area contributed by atoms with Crippen LogP contribution in [0.3, 0.4) is 0 Å². The van der Waals surface area contributed by atoms with E-state index in [0.717, 1.165) is 42.3 Å². The Kier molecular flexibility index (Phi) is 2.70. The van der Waals surface area contributed by atoms with E-state index < -0.39 is 0 Å². The highest BCUT2D eigenvalue weighted by Crippen LogP contribution is 2.46. The Morgan fingerprint density at radius 2 is 2.30 bits per heavy atom. The van der Waals surface area contributed by atoms with Crippen molar-refractivity contribution in [1.82, 2.24) is 4.98 Å². The number of nitrogens with zero attached hydrogens (tertiary/aromatic N) is 2. The predicted molar refractivity (Wildman–Crippen MR) is 78.4 cm³/mol. The van der Waals surface area contributed by atoms with Gasteiger partial charge in [-0.3, -0.25) is 0 Å². The molecule has 0 bridgehead atoms. The molecule has 2 N–H and O–H groups in total. The maximum Gasteiger partial charge on any atom is 0.231 e. The fourth-order valence-corrected chi connectivity index (χ4v) is 3.57. The number of nitrogens with two attached hydrogens (primary N) is 1. The van der Waals surface area contributed by atoms with Gasteiger partial charge >= 0.3 is 0 Å². The molecular weight excluding hydrogens is 274 g/mol. The molecule has 1 fully saturated rings. The maximum absolute atomic E-state index is 5.76. The van der Waals surface area contributed by atoms with Crippen LogP contribution in [0, 0.1) is 0 Å². The highest BCUT2D eigenvalue weighted by Gasteiger charge is 2.32. The van der Waals surface area contributed by atoms with E-state index in [0.29, 0.717) is 11.9 Å². The molecule has 1 atom stereocenters. The Balaban J connectivity index is 1.72. The predicted octanol–water partition coefficient (Wildman–Crippen LogP) is 2.80. The van der Waals surface area contributed by atoms with Gasteiger partial charge in [-0.15, -0.1) is 11.3 Å². The number of nitrogen functional groups attached to an aromatic ring is 1. The van der Waals surface area contributed by atoms with Gasteiger partial charge in [-0.05, 0) is 25.0 Å². The molecule has 0 aliphatic carbocycles. The van der Waals surface area contributed by atoms with Crippen LogP contribution in [0.5, 0.6) is 11.5 Å². The fourth-order valence-electron chi connectivity index (χ4n) is 2.96. The van der Waals surface area contributed by atoms with Crippen LogP contribution in [-0.4, -0.2) is 18.3 Å². The van der Waals surface area contributed by atoms with Crippen molar-refractivity contribution in [2.75, 3.05) is 24.0 Å². The maximum atomic E-state index is 5.76. The van der Waals surface area contributed by atoms with Gasteiger partial charge < -0.3 is 20.1 Å². The van der Waals surface area contributed by atoms with Gasteiger partial charge in [0.1, 0.15) is 0 Å². The van der Waals surface area contributed by atoms with Crippen molar-refractivity contribution in [3.63, 3.8) is 0 Å². The minimum atomic E-state index is 0.277. The first-order valence-electron chi connectivity index (χ1n) is 6.69. The highest BCUT2D eigenvalue weighted by atomic mass is 32.1. The lowest BCUT2D eigenvalue weighted by Gasteiger charge is -2.26. The molecule has 2 aliphatic heterocycles. The van der Waals surface area contributed by atoms with E-state index >= 15 is 0 Å². The third kappa shape index (κ3) is 1.79. The zero-order chi connectivity index (χ0) is 13.5. The van der Waals surface area contributed by atoms with Gasteiger partial charge in [-0.25, -0.2) is 4.98 Å². The smallest absolute Gasteiger partial charge is 0.231 e. The minimum Gasteiger partial charge on any atom is -0.454 e. The van der Waals surface area contributed by atoms with Gasteiger partial charge in [-0.1, -0.05) is 6.07 Å². The third-order valence-corrected chi connectivity index (χ3v) is 4.51. The fraction of sp³-hybridized carbons (Fsp3) is 0.357. The topological polar surface area (TPSA) is 60.6 Å². The van der Waals surface area contributed by atoms with Gasteiger partial charge in [-0.2, -0.15) is 0 Å². The summed E-state index contributed by atoms with van der Waals surface area (Å²) < 4.78 is 11.1. The molecule has 0 amide bonds. The van der Waals surface area contributed by atoms with Crippen LogP contribution in [0.15, 0.2) is 23.6 Å². The third-order valence-electron chi connectivity index (χ3n) is 3.82. The zero-order valence-electron chi connectivity index (χ0n) is 10.9. The van der Waals surface area contributed by atoms with E-state index in [4.69, 9.17) is 15.2 Å². The normalized spacial score (nSPS) is 20.6. The van der Waals surface area contributed by atoms with Crippen LogP contribution in [0.25, 0.3) is 0 Å². The summed E-state index contributed by atoms with van der Waals surface area (Å²) in [6, 6.07) is 6.31. The number of ether oxygens (including phenoxy) is 2. The van der Waals surface area contributed by atoms with Crippen molar-refractivity contribution in [3.05, 3.63) is 29.3 Å². The number of rotatable bonds is 2. The molecule has 2 aromatic rings. The molecule has 3 heterocycles. The van der Waals surface area contributed by atoms with Crippen molar-refractivity contribution in [1.29, 1.82) is 0 Å². The number of aromatic nitrogens is 1. The molecule has 104 valence electrons. The summed E-state index contributed by atoms with van der Waals surface area (Å²) in [4.78, 5) is 6.79. The molecule has 20 heavy (non-hydrogen) atoms. The highest BCUT2D eigenvalue weighted by molar-refractivity contribution is 7.13. The number of hydrogen-bond acceptors (Lipinski definition) is 6. The van der Waals surface area contributed by atoms with Gasteiger partial charge in [0.25, 0.3) is 0 Å². The van der Waals surface area contributed by atoms with Crippen LogP contribution in [-0.2, 0) is 0 Å². The summed E-state index contributed by atoms with van der Waals surface area (Å²) in [5.41, 5.74) is 7.91. The summed E-state index contributed by atoms with van der Waals surface area (Å²) in [5, 5.41) is 2.68. The second kappa shape index (κ2) is 4.56. The van der Waals surface area contributed by atoms with E-state index in [-0.39, 0.29) is 6.04 Å². The minimum absolute atomic E-state index is 0.277. The number of hydrogen-bond donors (Lipinski definition) is 1. The van der Waals surface area contributed by atoms with Crippen molar-refractivity contribution in [3.8, 4) is 11.5 Å². The van der Waals surface area contributed by atoms with E-state index in [1.807, 2.05) is 12.1 Å². The second-order valence-electron chi connectivity index (χ2n) is 4.97. The lowest BCUT2D eigenvalue weighted by Crippen LogP contribution is -2.23. The van der Waals surface area contributed by atoms with E-state index in [1.165, 1.54) is 11.3 Å². The lowest BCUT2D eigenvalue weighted by atomic mass is 10.1. The van der Waals surface area contributed by atoms with Gasteiger partial charge in [0.05, 0.1) is 17.4 Å². The summed E-state index contributed by atoms with van der Waals surface area (Å²) in [6.07, 6.45) is 2.24. The average molecular weight is 289 g/mol. The van der Waals surface area contributed by atoms with Gasteiger partial charge in [0, 0.05) is 11.9 Å². The van der Waals surface area contributed by atoms with Gasteiger partial charge in [0.2, 0.25) is 6.79 Å². The van der Waals surface area contributed by atoms with Crippen molar-refractivity contribution in [2.24, 2.45) is 0 Å². The first-order chi connectivity index (χ1) is 9.83. The molecule has 1 saturated heterocycles. The van der Waals surface area contributed by atoms with E-state index in [2.05, 4.69) is 21.3 Å². The number of fused-ring (bicyclic) bond motifs is 1. The molecule has 1 aromatic carbocycles. The SMILES string of the molecule is Nc1nc([C@H]2CCCN2c2cccc3c2OCO3)cs1. The Bertz CT molecular complexity index is 643. The van der Waals surface area contributed by atoms with Crippen molar-refractivity contribution >= 4 is 22.2 Å². The molecule has 6 heteroatoms. The number of benzene rings is 1. The van der Waals surface area contributed by atoms with Crippen LogP contribution in [0.1, 0.15) is 24.6 Å². The first kappa shape index (κ1) is 11.8. The molecule has 1 aromatic heterocycles.